The van der Waals surface area contributed by atoms with Crippen LogP contribution in [-0.4, -0.2) is 22.9 Å². The van der Waals surface area contributed by atoms with Gasteiger partial charge in [0.1, 0.15) is 11.4 Å². The molecular weight excluding hydrogens is 333 g/mol. The molecule has 1 aliphatic rings. The van der Waals surface area contributed by atoms with E-state index in [0.717, 1.165) is 5.56 Å². The van der Waals surface area contributed by atoms with Crippen molar-refractivity contribution in [1.29, 1.82) is 0 Å². The van der Waals surface area contributed by atoms with Gasteiger partial charge in [-0.1, -0.05) is 31.1 Å². The molecule has 132 valence electrons. The van der Waals surface area contributed by atoms with E-state index in [1.807, 2.05) is 26.8 Å². The van der Waals surface area contributed by atoms with Gasteiger partial charge in [0, 0.05) is 24.9 Å². The fourth-order valence-electron chi connectivity index (χ4n) is 3.13. The molecule has 1 aromatic carbocycles. The lowest BCUT2D eigenvalue weighted by atomic mass is 9.54. The van der Waals surface area contributed by atoms with Gasteiger partial charge in [-0.2, -0.15) is 4.98 Å². The number of ether oxygens (including phenoxy) is 1. The van der Waals surface area contributed by atoms with Gasteiger partial charge in [-0.15, -0.1) is 12.4 Å². The van der Waals surface area contributed by atoms with Crippen molar-refractivity contribution >= 4 is 12.4 Å². The maximum atomic E-state index is 13.2. The average molecular weight is 356 g/mol. The van der Waals surface area contributed by atoms with Gasteiger partial charge in [0.05, 0.1) is 6.10 Å². The van der Waals surface area contributed by atoms with Gasteiger partial charge < -0.3 is 15.0 Å². The molecule has 1 saturated carbocycles. The van der Waals surface area contributed by atoms with Gasteiger partial charge in [-0.05, 0) is 24.6 Å². The van der Waals surface area contributed by atoms with Gasteiger partial charge in [-0.25, -0.2) is 4.39 Å². The minimum atomic E-state index is -0.694. The number of halogens is 2. The lowest BCUT2D eigenvalue weighted by Crippen LogP contribution is -2.67. The summed E-state index contributed by atoms with van der Waals surface area (Å²) in [5.41, 5.74) is 6.33. The van der Waals surface area contributed by atoms with Crippen molar-refractivity contribution in [3.63, 3.8) is 0 Å². The van der Waals surface area contributed by atoms with Crippen LogP contribution < -0.4 is 5.73 Å². The van der Waals surface area contributed by atoms with Crippen LogP contribution in [-0.2, 0) is 16.7 Å². The summed E-state index contributed by atoms with van der Waals surface area (Å²) in [7, 11) is 0. The Labute approximate surface area is 147 Å². The molecule has 0 amide bonds. The predicted octanol–water partition coefficient (Wildman–Crippen LogP) is 3.21. The zero-order valence-electron chi connectivity index (χ0n) is 14.1. The summed E-state index contributed by atoms with van der Waals surface area (Å²) in [6, 6.07) is 6.37. The zero-order valence-corrected chi connectivity index (χ0v) is 14.9. The second kappa shape index (κ2) is 6.78. The summed E-state index contributed by atoms with van der Waals surface area (Å²) in [5.74, 6) is 0.650. The molecule has 0 spiro atoms. The molecule has 0 radical (unpaired) electrons. The summed E-state index contributed by atoms with van der Waals surface area (Å²) in [4.78, 5) is 4.44. The van der Waals surface area contributed by atoms with Crippen LogP contribution in [0.3, 0.4) is 0 Å². The minimum absolute atomic E-state index is 0. The molecule has 5 nitrogen and oxygen atoms in total. The van der Waals surface area contributed by atoms with Crippen molar-refractivity contribution in [3.05, 3.63) is 47.4 Å². The smallest absolute Gasteiger partial charge is 0.247 e. The molecule has 0 bridgehead atoms. The number of rotatable bonds is 5. The molecule has 1 fully saturated rings. The van der Waals surface area contributed by atoms with E-state index in [2.05, 4.69) is 10.1 Å². The monoisotopic (exact) mass is 355 g/mol. The van der Waals surface area contributed by atoms with Crippen molar-refractivity contribution in [3.8, 4) is 0 Å². The van der Waals surface area contributed by atoms with Crippen LogP contribution in [0.2, 0.25) is 0 Å². The van der Waals surface area contributed by atoms with Crippen LogP contribution in [0, 0.1) is 11.2 Å². The van der Waals surface area contributed by atoms with Crippen molar-refractivity contribution < 1.29 is 13.7 Å². The maximum absolute atomic E-state index is 13.2. The second-order valence-electron chi connectivity index (χ2n) is 6.66. The number of hydrogen-bond donors (Lipinski definition) is 1. The fraction of sp³-hybridized carbons (Fsp3) is 0.529. The number of nitrogens with zero attached hydrogens (tertiary/aromatic N) is 2. The number of benzene rings is 1. The Kier molecular flexibility index (Phi) is 5.32. The summed E-state index contributed by atoms with van der Waals surface area (Å²) < 4.78 is 24.4. The normalized spacial score (nSPS) is 25.0. The van der Waals surface area contributed by atoms with Crippen molar-refractivity contribution in [2.75, 3.05) is 6.61 Å². The van der Waals surface area contributed by atoms with E-state index >= 15 is 0 Å². The maximum Gasteiger partial charge on any atom is 0.247 e. The first-order valence-electron chi connectivity index (χ1n) is 7.85. The standard InChI is InChI=1S/C17H22FN3O2.ClH/c1-4-22-13-10-17(19,16(13,2)3)15-20-14(21-23-15)9-11-6-5-7-12(18)8-11;/h5-8,13H,4,9-10,19H2,1-3H3;1H. The number of hydrogen-bond acceptors (Lipinski definition) is 5. The fourth-order valence-corrected chi connectivity index (χ4v) is 3.13. The number of nitrogens with two attached hydrogens (primary N) is 1. The van der Waals surface area contributed by atoms with Crippen LogP contribution in [0.5, 0.6) is 0 Å². The average Bonchev–Trinajstić information content (AvgIpc) is 2.95. The van der Waals surface area contributed by atoms with Crippen LogP contribution in [0.1, 0.15) is 44.5 Å². The SMILES string of the molecule is CCOC1CC(N)(c2nc(Cc3cccc(F)c3)no2)C1(C)C.Cl. The highest BCUT2D eigenvalue weighted by Gasteiger charge is 2.62. The second-order valence-corrected chi connectivity index (χ2v) is 6.66. The highest BCUT2D eigenvalue weighted by Crippen LogP contribution is 2.55. The first-order chi connectivity index (χ1) is 10.9. The van der Waals surface area contributed by atoms with Crippen LogP contribution >= 0.6 is 12.4 Å². The molecule has 2 N–H and O–H groups in total. The third-order valence-electron chi connectivity index (χ3n) is 4.93. The summed E-state index contributed by atoms with van der Waals surface area (Å²) >= 11 is 0. The predicted molar refractivity (Wildman–Crippen MR) is 90.4 cm³/mol. The van der Waals surface area contributed by atoms with E-state index in [-0.39, 0.29) is 29.7 Å². The van der Waals surface area contributed by atoms with Crippen molar-refractivity contribution in [1.82, 2.24) is 10.1 Å². The Bertz CT molecular complexity index is 707. The molecule has 24 heavy (non-hydrogen) atoms. The summed E-state index contributed by atoms with van der Waals surface area (Å²) in [5, 5.41) is 4.00. The van der Waals surface area contributed by atoms with E-state index in [1.54, 1.807) is 6.07 Å². The Morgan fingerprint density at radius 3 is 2.79 bits per heavy atom. The van der Waals surface area contributed by atoms with Gasteiger partial charge >= 0.3 is 0 Å². The Balaban J connectivity index is 0.00000208. The molecule has 0 saturated heterocycles. The van der Waals surface area contributed by atoms with Gasteiger partial charge in [-0.3, -0.25) is 0 Å². The first-order valence-corrected chi connectivity index (χ1v) is 7.85. The van der Waals surface area contributed by atoms with Gasteiger partial charge in [0.25, 0.3) is 0 Å². The Hall–Kier alpha value is -1.50. The van der Waals surface area contributed by atoms with Crippen molar-refractivity contribution in [2.45, 2.75) is 45.3 Å². The Morgan fingerprint density at radius 2 is 2.17 bits per heavy atom. The van der Waals surface area contributed by atoms with E-state index < -0.39 is 5.54 Å². The first kappa shape index (κ1) is 18.8. The molecule has 1 aliphatic carbocycles. The molecule has 3 rings (SSSR count). The summed E-state index contributed by atoms with van der Waals surface area (Å²) in [6.45, 7) is 6.72. The van der Waals surface area contributed by atoms with Crippen LogP contribution in [0.25, 0.3) is 0 Å². The van der Waals surface area contributed by atoms with Gasteiger partial charge in [0.2, 0.25) is 5.89 Å². The van der Waals surface area contributed by atoms with Crippen molar-refractivity contribution in [2.24, 2.45) is 11.1 Å². The molecule has 1 heterocycles. The number of aromatic nitrogens is 2. The van der Waals surface area contributed by atoms with E-state index in [4.69, 9.17) is 15.0 Å². The molecule has 2 atom stereocenters. The topological polar surface area (TPSA) is 74.2 Å². The summed E-state index contributed by atoms with van der Waals surface area (Å²) in [6.07, 6.45) is 1.14. The van der Waals surface area contributed by atoms with Crippen LogP contribution in [0.4, 0.5) is 4.39 Å². The molecule has 2 unspecified atom stereocenters. The third-order valence-corrected chi connectivity index (χ3v) is 4.93. The lowest BCUT2D eigenvalue weighted by molar-refractivity contribution is -0.162. The molecule has 0 aliphatic heterocycles. The highest BCUT2D eigenvalue weighted by atomic mass is 35.5. The lowest BCUT2D eigenvalue weighted by Gasteiger charge is -2.56. The van der Waals surface area contributed by atoms with Crippen LogP contribution in [0.15, 0.2) is 28.8 Å². The van der Waals surface area contributed by atoms with E-state index in [9.17, 15) is 4.39 Å². The highest BCUT2D eigenvalue weighted by molar-refractivity contribution is 5.85. The van der Waals surface area contributed by atoms with E-state index in [0.29, 0.717) is 31.2 Å². The Morgan fingerprint density at radius 1 is 1.42 bits per heavy atom. The molecular formula is C17H23ClFN3O2. The molecule has 2 aromatic rings. The zero-order chi connectivity index (χ0) is 16.7. The van der Waals surface area contributed by atoms with E-state index in [1.165, 1.54) is 12.1 Å². The third kappa shape index (κ3) is 3.06. The largest absolute Gasteiger partial charge is 0.378 e. The molecule has 1 aromatic heterocycles. The van der Waals surface area contributed by atoms with Gasteiger partial charge in [0.15, 0.2) is 5.82 Å². The quantitative estimate of drug-likeness (QED) is 0.891. The minimum Gasteiger partial charge on any atom is -0.378 e. The molecule has 7 heteroatoms.